The Bertz CT molecular complexity index is 368. The molecule has 0 saturated carbocycles. The second-order valence-electron chi connectivity index (χ2n) is 4.79. The minimum atomic E-state index is -0.378. The molecule has 0 aliphatic carbocycles. The van der Waals surface area contributed by atoms with E-state index in [9.17, 15) is 4.39 Å². The van der Waals surface area contributed by atoms with Crippen molar-refractivity contribution in [3.63, 3.8) is 0 Å². The van der Waals surface area contributed by atoms with Gasteiger partial charge in [-0.1, -0.05) is 44.5 Å². The van der Waals surface area contributed by atoms with E-state index < -0.39 is 0 Å². The van der Waals surface area contributed by atoms with Crippen molar-refractivity contribution in [3.05, 3.63) is 34.6 Å². The van der Waals surface area contributed by atoms with Crippen LogP contribution in [0.4, 0.5) is 4.39 Å². The predicted octanol–water partition coefficient (Wildman–Crippen LogP) is 3.15. The summed E-state index contributed by atoms with van der Waals surface area (Å²) in [5.74, 6) is 6.07. The molecule has 1 aromatic carbocycles. The van der Waals surface area contributed by atoms with Crippen LogP contribution < -0.4 is 11.3 Å². The molecule has 0 aliphatic heterocycles. The van der Waals surface area contributed by atoms with E-state index in [1.54, 1.807) is 6.07 Å². The van der Waals surface area contributed by atoms with E-state index in [1.165, 1.54) is 6.07 Å². The molecule has 0 saturated heterocycles. The van der Waals surface area contributed by atoms with Crippen LogP contribution in [0.3, 0.4) is 0 Å². The van der Waals surface area contributed by atoms with Crippen LogP contribution in [-0.2, 0) is 6.42 Å². The maximum Gasteiger partial charge on any atom is 0.142 e. The Morgan fingerprint density at radius 2 is 2.00 bits per heavy atom. The lowest BCUT2D eigenvalue weighted by Crippen LogP contribution is -2.43. The third kappa shape index (κ3) is 3.66. The van der Waals surface area contributed by atoms with Crippen LogP contribution in [0.5, 0.6) is 0 Å². The first-order valence-corrected chi connectivity index (χ1v) is 6.24. The fraction of sp³-hybridized carbons (Fsp3) is 0.538. The highest BCUT2D eigenvalue weighted by atomic mass is 35.5. The topological polar surface area (TPSA) is 38.0 Å². The summed E-state index contributed by atoms with van der Waals surface area (Å²) in [6, 6.07) is 4.96. The molecule has 0 aromatic heterocycles. The number of hydrazine groups is 1. The summed E-state index contributed by atoms with van der Waals surface area (Å²) < 4.78 is 13.3. The number of halogens is 2. The first kappa shape index (κ1) is 14.4. The number of rotatable bonds is 5. The zero-order valence-electron chi connectivity index (χ0n) is 10.5. The molecule has 2 nitrogen and oxygen atoms in total. The van der Waals surface area contributed by atoms with Crippen molar-refractivity contribution in [2.45, 2.75) is 33.2 Å². The summed E-state index contributed by atoms with van der Waals surface area (Å²) in [5.41, 5.74) is 3.59. The molecule has 0 radical (unpaired) electrons. The predicted molar refractivity (Wildman–Crippen MR) is 70.2 cm³/mol. The molecule has 96 valence electrons. The van der Waals surface area contributed by atoms with Crippen molar-refractivity contribution in [2.24, 2.45) is 17.7 Å². The van der Waals surface area contributed by atoms with Gasteiger partial charge in [-0.25, -0.2) is 4.39 Å². The molecule has 0 fully saturated rings. The molecule has 2 unspecified atom stereocenters. The van der Waals surface area contributed by atoms with Crippen molar-refractivity contribution in [2.75, 3.05) is 0 Å². The highest BCUT2D eigenvalue weighted by Crippen LogP contribution is 2.24. The van der Waals surface area contributed by atoms with E-state index in [0.717, 1.165) is 5.56 Å². The van der Waals surface area contributed by atoms with Gasteiger partial charge < -0.3 is 0 Å². The summed E-state index contributed by atoms with van der Waals surface area (Å²) in [7, 11) is 0. The Kier molecular flexibility index (Phi) is 5.37. The summed E-state index contributed by atoms with van der Waals surface area (Å²) in [6.45, 7) is 6.41. The average Bonchev–Trinajstić information content (AvgIpc) is 2.30. The molecule has 0 bridgehead atoms. The van der Waals surface area contributed by atoms with Gasteiger partial charge in [0.25, 0.3) is 0 Å². The van der Waals surface area contributed by atoms with E-state index >= 15 is 0 Å². The van der Waals surface area contributed by atoms with E-state index in [0.29, 0.717) is 18.3 Å². The largest absolute Gasteiger partial charge is 0.271 e. The van der Waals surface area contributed by atoms with Crippen molar-refractivity contribution in [3.8, 4) is 0 Å². The Morgan fingerprint density at radius 1 is 1.35 bits per heavy atom. The van der Waals surface area contributed by atoms with Crippen molar-refractivity contribution >= 4 is 11.6 Å². The van der Waals surface area contributed by atoms with Crippen LogP contribution in [0.1, 0.15) is 26.3 Å². The summed E-state index contributed by atoms with van der Waals surface area (Å²) in [4.78, 5) is 0. The zero-order valence-corrected chi connectivity index (χ0v) is 11.3. The summed E-state index contributed by atoms with van der Waals surface area (Å²) >= 11 is 5.93. The highest BCUT2D eigenvalue weighted by Gasteiger charge is 2.20. The van der Waals surface area contributed by atoms with Crippen molar-refractivity contribution in [1.82, 2.24) is 5.43 Å². The smallest absolute Gasteiger partial charge is 0.142 e. The van der Waals surface area contributed by atoms with Gasteiger partial charge in [0.1, 0.15) is 5.82 Å². The maximum absolute atomic E-state index is 13.3. The van der Waals surface area contributed by atoms with Gasteiger partial charge in [-0.05, 0) is 29.9 Å². The Hall–Kier alpha value is -0.640. The lowest BCUT2D eigenvalue weighted by atomic mass is 9.87. The van der Waals surface area contributed by atoms with E-state index in [-0.39, 0.29) is 16.9 Å². The lowest BCUT2D eigenvalue weighted by Gasteiger charge is -2.26. The lowest BCUT2D eigenvalue weighted by molar-refractivity contribution is 0.299. The average molecular weight is 259 g/mol. The molecule has 4 heteroatoms. The summed E-state index contributed by atoms with van der Waals surface area (Å²) in [6.07, 6.45) is 0.631. The number of nitrogens with two attached hydrogens (primary N) is 1. The molecule has 17 heavy (non-hydrogen) atoms. The van der Waals surface area contributed by atoms with Gasteiger partial charge in [-0.2, -0.15) is 0 Å². The van der Waals surface area contributed by atoms with Crippen LogP contribution in [0, 0.1) is 17.7 Å². The van der Waals surface area contributed by atoms with Gasteiger partial charge in [0.05, 0.1) is 5.02 Å². The summed E-state index contributed by atoms with van der Waals surface area (Å²) in [5, 5.41) is 0.198. The fourth-order valence-corrected chi connectivity index (χ4v) is 2.01. The monoisotopic (exact) mass is 258 g/mol. The third-order valence-corrected chi connectivity index (χ3v) is 3.79. The minimum Gasteiger partial charge on any atom is -0.271 e. The van der Waals surface area contributed by atoms with Gasteiger partial charge in [-0.15, -0.1) is 0 Å². The molecular formula is C13H20ClFN2. The van der Waals surface area contributed by atoms with Gasteiger partial charge in [0, 0.05) is 6.04 Å². The van der Waals surface area contributed by atoms with Crippen LogP contribution in [0.15, 0.2) is 18.2 Å². The zero-order chi connectivity index (χ0) is 13.0. The van der Waals surface area contributed by atoms with E-state index in [2.05, 4.69) is 26.2 Å². The molecule has 3 N–H and O–H groups in total. The Balaban J connectivity index is 2.84. The number of hydrogen-bond donors (Lipinski definition) is 2. The molecule has 0 spiro atoms. The van der Waals surface area contributed by atoms with Crippen molar-refractivity contribution in [1.29, 1.82) is 0 Å². The normalized spacial score (nSPS) is 15.0. The molecule has 2 atom stereocenters. The molecule has 1 rings (SSSR count). The first-order valence-electron chi connectivity index (χ1n) is 5.86. The van der Waals surface area contributed by atoms with E-state index in [1.807, 2.05) is 6.07 Å². The van der Waals surface area contributed by atoms with Gasteiger partial charge in [0.15, 0.2) is 0 Å². The molecule has 0 aliphatic rings. The van der Waals surface area contributed by atoms with Crippen LogP contribution >= 0.6 is 11.6 Å². The second-order valence-corrected chi connectivity index (χ2v) is 5.17. The van der Waals surface area contributed by atoms with Crippen LogP contribution in [0.2, 0.25) is 5.02 Å². The Morgan fingerprint density at radius 3 is 2.53 bits per heavy atom. The van der Waals surface area contributed by atoms with Gasteiger partial charge >= 0.3 is 0 Å². The number of nitrogens with one attached hydrogen (secondary N) is 1. The molecular weight excluding hydrogens is 239 g/mol. The standard InChI is InChI=1S/C13H20ClFN2/c1-8(2)9(3)12(17-16)7-10-5-4-6-11(15)13(10)14/h4-6,8-9,12,17H,7,16H2,1-3H3. The second kappa shape index (κ2) is 6.34. The quantitative estimate of drug-likeness (QED) is 0.629. The molecule has 0 heterocycles. The minimum absolute atomic E-state index is 0.0919. The fourth-order valence-electron chi connectivity index (χ4n) is 1.80. The maximum atomic E-state index is 13.3. The third-order valence-electron chi connectivity index (χ3n) is 3.37. The van der Waals surface area contributed by atoms with Crippen LogP contribution in [0.25, 0.3) is 0 Å². The first-order chi connectivity index (χ1) is 7.97. The Labute approximate surface area is 107 Å². The molecule has 0 amide bonds. The van der Waals surface area contributed by atoms with Gasteiger partial charge in [-0.3, -0.25) is 11.3 Å². The van der Waals surface area contributed by atoms with Gasteiger partial charge in [0.2, 0.25) is 0 Å². The SMILES string of the molecule is CC(C)C(C)C(Cc1cccc(F)c1Cl)NN. The van der Waals surface area contributed by atoms with E-state index in [4.69, 9.17) is 17.4 Å². The number of benzene rings is 1. The van der Waals surface area contributed by atoms with Crippen LogP contribution in [-0.4, -0.2) is 6.04 Å². The number of hydrogen-bond acceptors (Lipinski definition) is 2. The highest BCUT2D eigenvalue weighted by molar-refractivity contribution is 6.31. The molecule has 1 aromatic rings. The van der Waals surface area contributed by atoms with Crippen molar-refractivity contribution < 1.29 is 4.39 Å².